The summed E-state index contributed by atoms with van der Waals surface area (Å²) < 4.78 is 0. The second-order valence-electron chi connectivity index (χ2n) is 12.0. The van der Waals surface area contributed by atoms with Gasteiger partial charge in [0.2, 0.25) is 0 Å². The third-order valence-corrected chi connectivity index (χ3v) is 7.58. The molecular weight excluding hydrogens is 605 g/mol. The van der Waals surface area contributed by atoms with Gasteiger partial charge in [-0.2, -0.15) is 0 Å². The van der Waals surface area contributed by atoms with Crippen molar-refractivity contribution in [2.75, 3.05) is 11.9 Å². The van der Waals surface area contributed by atoms with E-state index in [1.807, 2.05) is 106 Å². The summed E-state index contributed by atoms with van der Waals surface area (Å²) in [6, 6.07) is 8.29. The molecule has 0 aliphatic heterocycles. The number of rotatable bonds is 20. The largest absolute Gasteiger partial charge is 0.345 e. The Morgan fingerprint density at radius 1 is 0.520 bits per heavy atom. The first-order valence-corrected chi connectivity index (χ1v) is 16.1. The molecule has 0 amide bonds. The van der Waals surface area contributed by atoms with E-state index in [1.165, 1.54) is 5.56 Å². The molecule has 0 aliphatic rings. The molecule has 2 heteroatoms. The smallest absolute Gasteiger partial charge is 0.0619 e. The minimum absolute atomic E-state index is 0.729. The molecule has 0 radical (unpaired) electrons. The maximum absolute atomic E-state index is 4.70. The van der Waals surface area contributed by atoms with Gasteiger partial charge in [0, 0.05) is 24.1 Å². The Labute approximate surface area is 303 Å². The molecule has 50 heavy (non-hydrogen) atoms. The first kappa shape index (κ1) is 42.0. The highest BCUT2D eigenvalue weighted by molar-refractivity contribution is 6.01. The van der Waals surface area contributed by atoms with Gasteiger partial charge in [-0.3, -0.25) is 4.99 Å². The summed E-state index contributed by atoms with van der Waals surface area (Å²) >= 11 is 0. The summed E-state index contributed by atoms with van der Waals surface area (Å²) in [6.45, 7) is 53.1. The zero-order valence-corrected chi connectivity index (χ0v) is 31.0. The topological polar surface area (TPSA) is 15.6 Å². The average Bonchev–Trinajstić information content (AvgIpc) is 3.09. The van der Waals surface area contributed by atoms with Crippen LogP contribution in [-0.4, -0.2) is 12.8 Å². The average molecular weight is 659 g/mol. The highest BCUT2D eigenvalue weighted by Crippen LogP contribution is 2.21. The van der Waals surface area contributed by atoms with Crippen molar-refractivity contribution in [3.8, 4) is 0 Å². The Kier molecular flexibility index (Phi) is 17.7. The number of nitrogens with zero attached hydrogens (tertiary/aromatic N) is 2. The molecule has 1 rings (SSSR count). The molecule has 0 saturated carbocycles. The standard InChI is InChI=1S/C48H54N2/c1-17-18-19-48(34(2)3)49-46(15)44(13)29-28-42(11)40(9)25-24-38(7)36(5)22-23-37(6)39(8)26-27-41(10)43(12)30-31-45(14)50(16)47-32-20-35(4)21-33-47/h17-33H,1,5-14H2,2-4,15-16H3/b19-18-,23-22-,25-24-,27-26-,29-28-,31-30-,49-46?. The molecule has 2 nitrogen and oxygen atoms in total. The summed E-state index contributed by atoms with van der Waals surface area (Å²) in [5.74, 6) is 0. The van der Waals surface area contributed by atoms with Crippen molar-refractivity contribution < 1.29 is 0 Å². The first-order chi connectivity index (χ1) is 23.5. The van der Waals surface area contributed by atoms with Gasteiger partial charge in [0.15, 0.2) is 0 Å². The fourth-order valence-electron chi connectivity index (χ4n) is 3.75. The number of anilines is 1. The molecule has 0 unspecified atom stereocenters. The minimum atomic E-state index is 0.729. The van der Waals surface area contributed by atoms with Crippen LogP contribution in [0.15, 0.2) is 248 Å². The number of aryl methyl sites for hydroxylation is 1. The van der Waals surface area contributed by atoms with Crippen LogP contribution in [0.2, 0.25) is 0 Å². The Bertz CT molecular complexity index is 1840. The van der Waals surface area contributed by atoms with E-state index in [0.29, 0.717) is 0 Å². The molecular formula is C48H54N2. The predicted molar refractivity (Wildman–Crippen MR) is 228 cm³/mol. The Hall–Kier alpha value is -5.99. The highest BCUT2D eigenvalue weighted by Gasteiger charge is 2.03. The lowest BCUT2D eigenvalue weighted by Crippen LogP contribution is -2.13. The summed E-state index contributed by atoms with van der Waals surface area (Å²) in [5.41, 5.74) is 12.6. The van der Waals surface area contributed by atoms with Gasteiger partial charge in [-0.05, 0) is 102 Å². The Balaban J connectivity index is 2.71. The summed E-state index contributed by atoms with van der Waals surface area (Å²) in [5, 5.41) is 0. The molecule has 0 atom stereocenters. The summed E-state index contributed by atoms with van der Waals surface area (Å²) in [6.07, 6.45) is 24.3. The molecule has 0 saturated heterocycles. The third-order valence-electron chi connectivity index (χ3n) is 7.58. The predicted octanol–water partition coefficient (Wildman–Crippen LogP) is 13.2. The second-order valence-corrected chi connectivity index (χ2v) is 12.0. The SMILES string of the molecule is C=C/C=C\C(N=C(C)C(=C)/C=C\C(=C)C(=C)/C=C\C(=C)C(=C)/C=C\C(=C)C(=C)/C=C\C(=C)C(=C)/C=C\C(=C)N(C)c1ccc(C)cc1)=C(C)C. The van der Waals surface area contributed by atoms with Crippen LogP contribution in [0.1, 0.15) is 26.3 Å². The number of aliphatic imine (C=N–C) groups is 1. The van der Waals surface area contributed by atoms with Crippen LogP contribution >= 0.6 is 0 Å². The number of allylic oxidation sites excluding steroid dienone is 23. The molecule has 0 N–H and O–H groups in total. The van der Waals surface area contributed by atoms with E-state index < -0.39 is 0 Å². The van der Waals surface area contributed by atoms with E-state index in [1.54, 1.807) is 6.08 Å². The van der Waals surface area contributed by atoms with E-state index in [0.717, 1.165) is 78.5 Å². The lowest BCUT2D eigenvalue weighted by molar-refractivity contribution is 1.14. The van der Waals surface area contributed by atoms with Crippen LogP contribution in [0.3, 0.4) is 0 Å². The van der Waals surface area contributed by atoms with Gasteiger partial charge in [0.1, 0.15) is 0 Å². The third kappa shape index (κ3) is 14.8. The maximum atomic E-state index is 4.70. The van der Waals surface area contributed by atoms with Crippen LogP contribution in [0, 0.1) is 6.92 Å². The van der Waals surface area contributed by atoms with Crippen molar-refractivity contribution in [1.29, 1.82) is 0 Å². The van der Waals surface area contributed by atoms with Crippen LogP contribution in [0.4, 0.5) is 5.69 Å². The van der Waals surface area contributed by atoms with E-state index in [4.69, 9.17) is 4.99 Å². The van der Waals surface area contributed by atoms with E-state index in [9.17, 15) is 0 Å². The molecule has 0 heterocycles. The van der Waals surface area contributed by atoms with Crippen LogP contribution in [0.5, 0.6) is 0 Å². The van der Waals surface area contributed by atoms with Gasteiger partial charge in [-0.15, -0.1) is 0 Å². The van der Waals surface area contributed by atoms with Gasteiger partial charge >= 0.3 is 0 Å². The first-order valence-electron chi connectivity index (χ1n) is 16.1. The van der Waals surface area contributed by atoms with Gasteiger partial charge in [-0.1, -0.05) is 162 Å². The second kappa shape index (κ2) is 21.1. The highest BCUT2D eigenvalue weighted by atomic mass is 15.1. The van der Waals surface area contributed by atoms with E-state index >= 15 is 0 Å². The van der Waals surface area contributed by atoms with E-state index in [-0.39, 0.29) is 0 Å². The molecule has 0 bridgehead atoms. The van der Waals surface area contributed by atoms with Crippen molar-refractivity contribution in [2.45, 2.75) is 27.7 Å². The number of hydrogen-bond donors (Lipinski definition) is 0. The number of benzene rings is 1. The van der Waals surface area contributed by atoms with Gasteiger partial charge in [0.05, 0.1) is 5.70 Å². The van der Waals surface area contributed by atoms with Crippen LogP contribution < -0.4 is 4.90 Å². The summed E-state index contributed by atoms with van der Waals surface area (Å²) in [4.78, 5) is 6.72. The monoisotopic (exact) mass is 658 g/mol. The molecule has 0 aliphatic carbocycles. The lowest BCUT2D eigenvalue weighted by Gasteiger charge is -2.19. The zero-order chi connectivity index (χ0) is 38.0. The molecule has 0 spiro atoms. The molecule has 1 aromatic rings. The Morgan fingerprint density at radius 3 is 1.20 bits per heavy atom. The summed E-state index contributed by atoms with van der Waals surface area (Å²) in [7, 11) is 1.98. The van der Waals surface area contributed by atoms with Crippen LogP contribution in [0.25, 0.3) is 0 Å². The van der Waals surface area contributed by atoms with Crippen molar-refractivity contribution in [1.82, 2.24) is 0 Å². The van der Waals surface area contributed by atoms with Crippen molar-refractivity contribution in [3.05, 3.63) is 248 Å². The molecule has 0 aromatic heterocycles. The van der Waals surface area contributed by atoms with E-state index in [2.05, 4.69) is 104 Å². The van der Waals surface area contributed by atoms with Crippen molar-refractivity contribution in [2.24, 2.45) is 4.99 Å². The molecule has 256 valence electrons. The van der Waals surface area contributed by atoms with Gasteiger partial charge in [-0.25, -0.2) is 0 Å². The van der Waals surface area contributed by atoms with Crippen molar-refractivity contribution in [3.63, 3.8) is 0 Å². The maximum Gasteiger partial charge on any atom is 0.0619 e. The Morgan fingerprint density at radius 2 is 0.860 bits per heavy atom. The van der Waals surface area contributed by atoms with Crippen molar-refractivity contribution >= 4 is 11.4 Å². The fraction of sp³-hybridized carbons (Fsp3) is 0.104. The molecule has 1 aromatic carbocycles. The van der Waals surface area contributed by atoms with Gasteiger partial charge in [0.25, 0.3) is 0 Å². The zero-order valence-electron chi connectivity index (χ0n) is 31.0. The minimum Gasteiger partial charge on any atom is -0.345 e. The molecule has 0 fully saturated rings. The number of likely N-dealkylation sites (N-methyl/N-ethyl adjacent to an activating group) is 1. The number of hydrogen-bond acceptors (Lipinski definition) is 2. The lowest BCUT2D eigenvalue weighted by atomic mass is 10.0. The van der Waals surface area contributed by atoms with Crippen LogP contribution in [-0.2, 0) is 0 Å². The quantitative estimate of drug-likeness (QED) is 0.101. The normalized spacial score (nSPS) is 11.8. The fourth-order valence-corrected chi connectivity index (χ4v) is 3.75. The van der Waals surface area contributed by atoms with Gasteiger partial charge < -0.3 is 4.90 Å².